The summed E-state index contributed by atoms with van der Waals surface area (Å²) in [6.07, 6.45) is 0. The summed E-state index contributed by atoms with van der Waals surface area (Å²) in [4.78, 5) is 3.78. The van der Waals surface area contributed by atoms with Crippen LogP contribution in [-0.2, 0) is 6.54 Å². The lowest BCUT2D eigenvalue weighted by Gasteiger charge is -2.18. The second-order valence-electron chi connectivity index (χ2n) is 5.06. The molecule has 0 saturated heterocycles. The third kappa shape index (κ3) is 2.59. The molecule has 96 valence electrons. The van der Waals surface area contributed by atoms with Gasteiger partial charge in [0.15, 0.2) is 0 Å². The average Bonchev–Trinajstić information content (AvgIpc) is 2.60. The number of anilines is 1. The molecule has 2 aromatic rings. The van der Waals surface area contributed by atoms with E-state index < -0.39 is 0 Å². The molecule has 1 nitrogen and oxygen atoms in total. The fourth-order valence-electron chi connectivity index (χ4n) is 2.13. The van der Waals surface area contributed by atoms with Gasteiger partial charge in [0.1, 0.15) is 0 Å². The first kappa shape index (κ1) is 13.2. The monoisotopic (exact) mass is 259 g/mol. The lowest BCUT2D eigenvalue weighted by atomic mass is 10.1. The first-order valence-corrected chi connectivity index (χ1v) is 7.14. The first-order valence-electron chi connectivity index (χ1n) is 6.32. The zero-order valence-corrected chi connectivity index (χ0v) is 12.7. The van der Waals surface area contributed by atoms with Crippen LogP contribution in [0.4, 0.5) is 5.00 Å². The fourth-order valence-corrected chi connectivity index (χ4v) is 3.25. The molecule has 0 bridgehead atoms. The smallest absolute Gasteiger partial charge is 0.0944 e. The van der Waals surface area contributed by atoms with E-state index in [1.54, 1.807) is 0 Å². The predicted molar refractivity (Wildman–Crippen MR) is 81.8 cm³/mol. The first-order chi connectivity index (χ1) is 8.49. The lowest BCUT2D eigenvalue weighted by molar-refractivity contribution is 0.928. The van der Waals surface area contributed by atoms with Crippen molar-refractivity contribution in [1.82, 2.24) is 0 Å². The number of hydrogen-bond donors (Lipinski definition) is 0. The van der Waals surface area contributed by atoms with Crippen molar-refractivity contribution in [3.63, 3.8) is 0 Å². The Kier molecular flexibility index (Phi) is 3.76. The van der Waals surface area contributed by atoms with E-state index in [1.807, 2.05) is 11.3 Å². The van der Waals surface area contributed by atoms with Gasteiger partial charge in [0.25, 0.3) is 0 Å². The lowest BCUT2D eigenvalue weighted by Crippen LogP contribution is -2.15. The molecule has 0 saturated carbocycles. The molecular weight excluding hydrogens is 238 g/mol. The van der Waals surface area contributed by atoms with Crippen molar-refractivity contribution in [2.45, 2.75) is 34.2 Å². The summed E-state index contributed by atoms with van der Waals surface area (Å²) in [5.41, 5.74) is 5.55. The van der Waals surface area contributed by atoms with Crippen LogP contribution in [0.1, 0.15) is 27.1 Å². The zero-order valence-electron chi connectivity index (χ0n) is 11.9. The normalized spacial score (nSPS) is 10.7. The van der Waals surface area contributed by atoms with Gasteiger partial charge < -0.3 is 4.90 Å². The minimum absolute atomic E-state index is 0.973. The third-order valence-electron chi connectivity index (χ3n) is 3.55. The standard InChI is InChI=1S/C16H21NS/c1-11-6-8-15(9-7-11)10-17(5)16-13(3)12(2)14(4)18-16/h6-9H,10H2,1-5H3. The molecule has 0 unspecified atom stereocenters. The van der Waals surface area contributed by atoms with Crippen LogP contribution in [0.15, 0.2) is 24.3 Å². The van der Waals surface area contributed by atoms with Crippen molar-refractivity contribution in [2.24, 2.45) is 0 Å². The van der Waals surface area contributed by atoms with Crippen LogP contribution < -0.4 is 4.90 Å². The van der Waals surface area contributed by atoms with E-state index in [1.165, 1.54) is 32.1 Å². The van der Waals surface area contributed by atoms with Gasteiger partial charge >= 0.3 is 0 Å². The van der Waals surface area contributed by atoms with Crippen LogP contribution in [0.25, 0.3) is 0 Å². The Labute approximate surface area is 114 Å². The van der Waals surface area contributed by atoms with Gasteiger partial charge in [0, 0.05) is 18.5 Å². The predicted octanol–water partition coefficient (Wildman–Crippen LogP) is 4.62. The summed E-state index contributed by atoms with van der Waals surface area (Å²) in [6.45, 7) is 9.74. The SMILES string of the molecule is Cc1ccc(CN(C)c2sc(C)c(C)c2C)cc1. The second-order valence-corrected chi connectivity index (χ2v) is 6.26. The zero-order chi connectivity index (χ0) is 13.3. The van der Waals surface area contributed by atoms with Gasteiger partial charge in [-0.15, -0.1) is 11.3 Å². The van der Waals surface area contributed by atoms with Gasteiger partial charge in [-0.05, 0) is 44.4 Å². The highest BCUT2D eigenvalue weighted by Crippen LogP contribution is 2.34. The van der Waals surface area contributed by atoms with E-state index in [0.717, 1.165) is 6.54 Å². The van der Waals surface area contributed by atoms with Crippen LogP contribution >= 0.6 is 11.3 Å². The highest BCUT2D eigenvalue weighted by Gasteiger charge is 2.12. The Morgan fingerprint density at radius 3 is 2.06 bits per heavy atom. The molecule has 1 aromatic carbocycles. The van der Waals surface area contributed by atoms with Gasteiger partial charge in [0.2, 0.25) is 0 Å². The maximum atomic E-state index is 2.35. The van der Waals surface area contributed by atoms with Gasteiger partial charge in [-0.25, -0.2) is 0 Å². The van der Waals surface area contributed by atoms with Gasteiger partial charge in [0.05, 0.1) is 5.00 Å². The van der Waals surface area contributed by atoms with Crippen molar-refractivity contribution in [3.8, 4) is 0 Å². The highest BCUT2D eigenvalue weighted by molar-refractivity contribution is 7.16. The third-order valence-corrected chi connectivity index (χ3v) is 4.97. The molecule has 2 rings (SSSR count). The van der Waals surface area contributed by atoms with E-state index in [0.29, 0.717) is 0 Å². The van der Waals surface area contributed by atoms with Crippen LogP contribution in [0.3, 0.4) is 0 Å². The Balaban J connectivity index is 2.19. The molecule has 1 aromatic heterocycles. The Morgan fingerprint density at radius 1 is 0.944 bits per heavy atom. The van der Waals surface area contributed by atoms with E-state index in [2.05, 4.69) is 63.9 Å². The van der Waals surface area contributed by atoms with E-state index in [9.17, 15) is 0 Å². The van der Waals surface area contributed by atoms with Crippen LogP contribution in [0.5, 0.6) is 0 Å². The van der Waals surface area contributed by atoms with Crippen molar-refractivity contribution in [1.29, 1.82) is 0 Å². The molecule has 0 aliphatic rings. The van der Waals surface area contributed by atoms with Crippen molar-refractivity contribution >= 4 is 16.3 Å². The molecular formula is C16H21NS. The van der Waals surface area contributed by atoms with Crippen molar-refractivity contribution in [2.75, 3.05) is 11.9 Å². The number of rotatable bonds is 3. The Bertz CT molecular complexity index is 537. The minimum atomic E-state index is 0.973. The summed E-state index contributed by atoms with van der Waals surface area (Å²) in [7, 11) is 2.18. The van der Waals surface area contributed by atoms with E-state index >= 15 is 0 Å². The average molecular weight is 259 g/mol. The molecule has 0 N–H and O–H groups in total. The molecule has 0 spiro atoms. The van der Waals surface area contributed by atoms with Crippen molar-refractivity contribution < 1.29 is 0 Å². The number of thiophene rings is 1. The van der Waals surface area contributed by atoms with Gasteiger partial charge in [-0.2, -0.15) is 0 Å². The fraction of sp³-hybridized carbons (Fsp3) is 0.375. The second kappa shape index (κ2) is 5.15. The number of aryl methyl sites for hydroxylation is 2. The Hall–Kier alpha value is -1.28. The Morgan fingerprint density at radius 2 is 1.56 bits per heavy atom. The molecule has 0 aliphatic heterocycles. The summed E-state index contributed by atoms with van der Waals surface area (Å²) in [5, 5.41) is 1.39. The number of benzene rings is 1. The van der Waals surface area contributed by atoms with Crippen LogP contribution in [-0.4, -0.2) is 7.05 Å². The summed E-state index contributed by atoms with van der Waals surface area (Å²) in [5.74, 6) is 0. The molecule has 0 radical (unpaired) electrons. The molecule has 0 fully saturated rings. The molecule has 18 heavy (non-hydrogen) atoms. The molecule has 0 atom stereocenters. The van der Waals surface area contributed by atoms with E-state index in [4.69, 9.17) is 0 Å². The maximum Gasteiger partial charge on any atom is 0.0944 e. The van der Waals surface area contributed by atoms with Crippen LogP contribution in [0.2, 0.25) is 0 Å². The molecule has 1 heterocycles. The topological polar surface area (TPSA) is 3.24 Å². The summed E-state index contributed by atoms with van der Waals surface area (Å²) < 4.78 is 0. The summed E-state index contributed by atoms with van der Waals surface area (Å²) in [6, 6.07) is 8.80. The number of hydrogen-bond acceptors (Lipinski definition) is 2. The van der Waals surface area contributed by atoms with E-state index in [-0.39, 0.29) is 0 Å². The summed E-state index contributed by atoms with van der Waals surface area (Å²) >= 11 is 1.90. The highest BCUT2D eigenvalue weighted by atomic mass is 32.1. The van der Waals surface area contributed by atoms with Crippen molar-refractivity contribution in [3.05, 3.63) is 51.4 Å². The maximum absolute atomic E-state index is 2.35. The quantitative estimate of drug-likeness (QED) is 0.777. The number of nitrogens with zero attached hydrogens (tertiary/aromatic N) is 1. The molecule has 0 aliphatic carbocycles. The minimum Gasteiger partial charge on any atom is -0.362 e. The van der Waals surface area contributed by atoms with Crippen LogP contribution in [0, 0.1) is 27.7 Å². The molecule has 2 heteroatoms. The molecule has 0 amide bonds. The van der Waals surface area contributed by atoms with Gasteiger partial charge in [-0.3, -0.25) is 0 Å². The largest absolute Gasteiger partial charge is 0.362 e. The van der Waals surface area contributed by atoms with Gasteiger partial charge in [-0.1, -0.05) is 29.8 Å².